The molecule has 0 aromatic carbocycles. The van der Waals surface area contributed by atoms with E-state index in [0.29, 0.717) is 6.42 Å². The molecule has 0 aromatic rings. The number of aliphatic hydroxyl groups is 1. The van der Waals surface area contributed by atoms with Gasteiger partial charge in [-0.25, -0.2) is 0 Å². The van der Waals surface area contributed by atoms with Crippen molar-refractivity contribution in [1.82, 2.24) is 4.90 Å². The van der Waals surface area contributed by atoms with E-state index in [4.69, 9.17) is 5.11 Å². The lowest BCUT2D eigenvalue weighted by Gasteiger charge is -2.21. The average Bonchev–Trinajstić information content (AvgIpc) is 2.26. The highest BCUT2D eigenvalue weighted by molar-refractivity contribution is 5.79. The Balaban J connectivity index is 2.62. The van der Waals surface area contributed by atoms with Crippen molar-refractivity contribution in [3.05, 3.63) is 0 Å². The van der Waals surface area contributed by atoms with Crippen LogP contribution in [0.4, 0.5) is 0 Å². The topological polar surface area (TPSA) is 40.5 Å². The highest BCUT2D eigenvalue weighted by Gasteiger charge is 2.34. The molecule has 1 aliphatic heterocycles. The van der Waals surface area contributed by atoms with Crippen LogP contribution < -0.4 is 0 Å². The minimum Gasteiger partial charge on any atom is -0.396 e. The Morgan fingerprint density at radius 3 is 2.64 bits per heavy atom. The first-order chi connectivity index (χ1) is 5.20. The highest BCUT2D eigenvalue weighted by atomic mass is 16.3. The van der Waals surface area contributed by atoms with Crippen molar-refractivity contribution in [2.75, 3.05) is 13.2 Å². The Morgan fingerprint density at radius 2 is 2.36 bits per heavy atom. The number of carbonyl (C=O) groups is 1. The van der Waals surface area contributed by atoms with Gasteiger partial charge in [-0.05, 0) is 13.8 Å². The molecule has 1 aliphatic rings. The van der Waals surface area contributed by atoms with Gasteiger partial charge in [-0.1, -0.05) is 0 Å². The molecule has 0 radical (unpaired) electrons. The van der Waals surface area contributed by atoms with Gasteiger partial charge in [0.15, 0.2) is 0 Å². The van der Waals surface area contributed by atoms with Crippen molar-refractivity contribution >= 4 is 5.91 Å². The Bertz CT molecular complexity index is 158. The van der Waals surface area contributed by atoms with Crippen LogP contribution in [0.5, 0.6) is 0 Å². The molecule has 1 amide bonds. The summed E-state index contributed by atoms with van der Waals surface area (Å²) in [5, 5.41) is 8.89. The molecule has 0 bridgehead atoms. The highest BCUT2D eigenvalue weighted by Crippen LogP contribution is 2.23. The van der Waals surface area contributed by atoms with Crippen LogP contribution in [0.3, 0.4) is 0 Å². The summed E-state index contributed by atoms with van der Waals surface area (Å²) in [6, 6.07) is 0.220. The molecule has 11 heavy (non-hydrogen) atoms. The maximum Gasteiger partial charge on any atom is 0.223 e. The number of likely N-dealkylation sites (tertiary alicyclic amines) is 1. The normalized spacial score (nSPS) is 31.5. The first kappa shape index (κ1) is 8.53. The fraction of sp³-hybridized carbons (Fsp3) is 0.875. The summed E-state index contributed by atoms with van der Waals surface area (Å²) in [6.45, 7) is 4.85. The second-order valence-electron chi connectivity index (χ2n) is 3.07. The van der Waals surface area contributed by atoms with Crippen LogP contribution >= 0.6 is 0 Å². The maximum atomic E-state index is 11.2. The first-order valence-corrected chi connectivity index (χ1v) is 4.11. The van der Waals surface area contributed by atoms with Gasteiger partial charge >= 0.3 is 0 Å². The summed E-state index contributed by atoms with van der Waals surface area (Å²) in [5.74, 6) is 0.335. The zero-order valence-electron chi connectivity index (χ0n) is 7.08. The summed E-state index contributed by atoms with van der Waals surface area (Å²) >= 11 is 0. The molecule has 0 aromatic heterocycles. The van der Waals surface area contributed by atoms with Crippen LogP contribution in [-0.2, 0) is 4.79 Å². The third-order valence-electron chi connectivity index (χ3n) is 2.51. The number of aliphatic hydroxyl groups excluding tert-OH is 1. The second-order valence-corrected chi connectivity index (χ2v) is 3.07. The van der Waals surface area contributed by atoms with E-state index in [1.807, 2.05) is 18.7 Å². The molecule has 3 nitrogen and oxygen atoms in total. The van der Waals surface area contributed by atoms with Gasteiger partial charge in [0, 0.05) is 31.5 Å². The molecule has 64 valence electrons. The van der Waals surface area contributed by atoms with Gasteiger partial charge in [0.25, 0.3) is 0 Å². The van der Waals surface area contributed by atoms with Crippen LogP contribution in [0, 0.1) is 5.92 Å². The van der Waals surface area contributed by atoms with Crippen LogP contribution in [-0.4, -0.2) is 35.1 Å². The first-order valence-electron chi connectivity index (χ1n) is 4.11. The third-order valence-corrected chi connectivity index (χ3v) is 2.51. The van der Waals surface area contributed by atoms with E-state index in [0.717, 1.165) is 6.54 Å². The van der Waals surface area contributed by atoms with Crippen molar-refractivity contribution < 1.29 is 9.90 Å². The summed E-state index contributed by atoms with van der Waals surface area (Å²) < 4.78 is 0. The maximum absolute atomic E-state index is 11.2. The standard InChI is InChI=1S/C8H15NO2/c1-3-9-6(2)7(5-10)4-8(9)11/h6-7,10H,3-5H2,1-2H3. The molecule has 1 fully saturated rings. The van der Waals surface area contributed by atoms with E-state index < -0.39 is 0 Å². The van der Waals surface area contributed by atoms with Gasteiger partial charge in [-0.15, -0.1) is 0 Å². The van der Waals surface area contributed by atoms with Crippen molar-refractivity contribution in [2.24, 2.45) is 5.92 Å². The fourth-order valence-corrected chi connectivity index (χ4v) is 1.68. The van der Waals surface area contributed by atoms with E-state index >= 15 is 0 Å². The van der Waals surface area contributed by atoms with Gasteiger partial charge in [-0.3, -0.25) is 4.79 Å². The number of amides is 1. The number of nitrogens with zero attached hydrogens (tertiary/aromatic N) is 1. The summed E-state index contributed by atoms with van der Waals surface area (Å²) in [6.07, 6.45) is 0.519. The number of carbonyl (C=O) groups excluding carboxylic acids is 1. The van der Waals surface area contributed by atoms with E-state index in [1.165, 1.54) is 0 Å². The number of hydrogen-bond donors (Lipinski definition) is 1. The van der Waals surface area contributed by atoms with E-state index in [1.54, 1.807) is 0 Å². The monoisotopic (exact) mass is 157 g/mol. The molecule has 0 spiro atoms. The summed E-state index contributed by atoms with van der Waals surface area (Å²) in [7, 11) is 0. The molecule has 2 unspecified atom stereocenters. The molecule has 0 saturated carbocycles. The quantitative estimate of drug-likeness (QED) is 0.623. The van der Waals surface area contributed by atoms with Crippen LogP contribution in [0.1, 0.15) is 20.3 Å². The lowest BCUT2D eigenvalue weighted by molar-refractivity contribution is -0.128. The van der Waals surface area contributed by atoms with Crippen LogP contribution in [0.15, 0.2) is 0 Å². The van der Waals surface area contributed by atoms with Gasteiger partial charge in [0.1, 0.15) is 0 Å². The van der Waals surface area contributed by atoms with E-state index in [2.05, 4.69) is 0 Å². The molecule has 3 heteroatoms. The largest absolute Gasteiger partial charge is 0.396 e. The second kappa shape index (κ2) is 3.22. The third kappa shape index (κ3) is 1.38. The predicted molar refractivity (Wildman–Crippen MR) is 42.0 cm³/mol. The Labute approximate surface area is 67.0 Å². The van der Waals surface area contributed by atoms with Gasteiger partial charge in [0.05, 0.1) is 0 Å². The molecular weight excluding hydrogens is 142 g/mol. The van der Waals surface area contributed by atoms with Crippen LogP contribution in [0.25, 0.3) is 0 Å². The fourth-order valence-electron chi connectivity index (χ4n) is 1.68. The molecule has 1 heterocycles. The Kier molecular flexibility index (Phi) is 2.49. The molecule has 1 rings (SSSR count). The van der Waals surface area contributed by atoms with E-state index in [9.17, 15) is 4.79 Å². The van der Waals surface area contributed by atoms with Crippen LogP contribution in [0.2, 0.25) is 0 Å². The molecule has 2 atom stereocenters. The zero-order valence-corrected chi connectivity index (χ0v) is 7.08. The lowest BCUT2D eigenvalue weighted by Crippen LogP contribution is -2.33. The minimum atomic E-state index is 0.128. The smallest absolute Gasteiger partial charge is 0.223 e. The van der Waals surface area contributed by atoms with Crippen molar-refractivity contribution in [2.45, 2.75) is 26.3 Å². The number of rotatable bonds is 2. The van der Waals surface area contributed by atoms with E-state index in [-0.39, 0.29) is 24.5 Å². The summed E-state index contributed by atoms with van der Waals surface area (Å²) in [4.78, 5) is 13.0. The minimum absolute atomic E-state index is 0.128. The molecule has 1 saturated heterocycles. The van der Waals surface area contributed by atoms with Crippen molar-refractivity contribution in [3.8, 4) is 0 Å². The number of hydrogen-bond acceptors (Lipinski definition) is 2. The summed E-state index contributed by atoms with van der Waals surface area (Å²) in [5.41, 5.74) is 0. The molecule has 0 aliphatic carbocycles. The average molecular weight is 157 g/mol. The molecule has 1 N–H and O–H groups in total. The predicted octanol–water partition coefficient (Wildman–Crippen LogP) is 0.236. The van der Waals surface area contributed by atoms with Crippen molar-refractivity contribution in [3.63, 3.8) is 0 Å². The Hall–Kier alpha value is -0.570. The molecular formula is C8H15NO2. The zero-order chi connectivity index (χ0) is 8.43. The van der Waals surface area contributed by atoms with Crippen molar-refractivity contribution in [1.29, 1.82) is 0 Å². The van der Waals surface area contributed by atoms with Gasteiger partial charge in [0.2, 0.25) is 5.91 Å². The van der Waals surface area contributed by atoms with Gasteiger partial charge < -0.3 is 10.0 Å². The lowest BCUT2D eigenvalue weighted by atomic mass is 10.0. The van der Waals surface area contributed by atoms with Gasteiger partial charge in [-0.2, -0.15) is 0 Å². The Morgan fingerprint density at radius 1 is 1.73 bits per heavy atom. The SMILES string of the molecule is CCN1C(=O)CC(CO)C1C.